The van der Waals surface area contributed by atoms with Gasteiger partial charge >= 0.3 is 0 Å². The third-order valence-corrected chi connectivity index (χ3v) is 2.31. The lowest BCUT2D eigenvalue weighted by Gasteiger charge is -1.99. The van der Waals surface area contributed by atoms with Gasteiger partial charge in [-0.15, -0.1) is 9.36 Å². The van der Waals surface area contributed by atoms with Gasteiger partial charge in [-0.1, -0.05) is 12.1 Å². The number of nitro benzene ring substituents is 1. The van der Waals surface area contributed by atoms with Crippen LogP contribution in [0, 0.1) is 10.1 Å². The number of hydrogen-bond donors (Lipinski definition) is 1. The van der Waals surface area contributed by atoms with E-state index in [0.29, 0.717) is 0 Å². The van der Waals surface area contributed by atoms with E-state index in [0.717, 1.165) is 0 Å². The minimum absolute atomic E-state index is 0.0570. The van der Waals surface area contributed by atoms with Crippen molar-refractivity contribution in [3.63, 3.8) is 0 Å². The smallest absolute Gasteiger partial charge is 0.286 e. The number of carbonyl (C=O) groups excluding carboxylic acids is 1. The highest BCUT2D eigenvalue weighted by atomic mass is 16.6. The summed E-state index contributed by atoms with van der Waals surface area (Å²) in [5.74, 6) is 4.99. The number of Topliss-reactive ketones (excluding diaryl/α,β-unsaturated/α-hetero) is 1. The molecular formula is C10H10N5O3+. The van der Waals surface area contributed by atoms with Gasteiger partial charge in [0.25, 0.3) is 12.0 Å². The Bertz CT molecular complexity index is 607. The molecule has 8 heteroatoms. The van der Waals surface area contributed by atoms with Gasteiger partial charge in [0.2, 0.25) is 12.1 Å². The van der Waals surface area contributed by atoms with Gasteiger partial charge in [0.15, 0.2) is 6.54 Å². The minimum Gasteiger partial charge on any atom is -0.290 e. The Balaban J connectivity index is 2.26. The van der Waals surface area contributed by atoms with Crippen LogP contribution in [0.3, 0.4) is 0 Å². The van der Waals surface area contributed by atoms with Crippen molar-refractivity contribution < 1.29 is 14.4 Å². The number of ketones is 1. The van der Waals surface area contributed by atoms with Crippen LogP contribution in [0.4, 0.5) is 5.69 Å². The number of para-hydroxylation sites is 1. The highest BCUT2D eigenvalue weighted by Gasteiger charge is 2.21. The molecule has 0 amide bonds. The molecule has 1 aromatic carbocycles. The summed E-state index contributed by atoms with van der Waals surface area (Å²) in [6.07, 6.45) is 2.74. The van der Waals surface area contributed by atoms with Gasteiger partial charge in [0, 0.05) is 11.2 Å². The molecule has 0 fully saturated rings. The zero-order chi connectivity index (χ0) is 13.1. The van der Waals surface area contributed by atoms with Gasteiger partial charge in [-0.05, 0) is 6.07 Å². The van der Waals surface area contributed by atoms with Gasteiger partial charge in [-0.2, -0.15) is 0 Å². The Morgan fingerprint density at radius 2 is 2.22 bits per heavy atom. The summed E-state index contributed by atoms with van der Waals surface area (Å²) in [6.45, 7) is -0.102. The average Bonchev–Trinajstić information content (AvgIpc) is 2.74. The monoisotopic (exact) mass is 248 g/mol. The Morgan fingerprint density at radius 1 is 1.50 bits per heavy atom. The maximum absolute atomic E-state index is 11.9. The third kappa shape index (κ3) is 2.32. The van der Waals surface area contributed by atoms with Crippen LogP contribution in [0.1, 0.15) is 10.4 Å². The fraction of sp³-hybridized carbons (Fsp3) is 0.100. The number of rotatable bonds is 4. The first-order valence-corrected chi connectivity index (χ1v) is 5.03. The minimum atomic E-state index is -0.584. The van der Waals surface area contributed by atoms with Crippen molar-refractivity contribution in [2.24, 2.45) is 0 Å². The van der Waals surface area contributed by atoms with Crippen LogP contribution < -0.4 is 10.5 Å². The molecule has 1 aromatic heterocycles. The van der Waals surface area contributed by atoms with Crippen LogP contribution in [0.5, 0.6) is 0 Å². The SMILES string of the molecule is N[n+]1cnn(CC(=O)c2ccccc2[N+](=O)[O-])c1. The first kappa shape index (κ1) is 11.7. The van der Waals surface area contributed by atoms with E-state index in [4.69, 9.17) is 5.84 Å². The van der Waals surface area contributed by atoms with E-state index in [9.17, 15) is 14.9 Å². The lowest BCUT2D eigenvalue weighted by molar-refractivity contribution is -0.639. The van der Waals surface area contributed by atoms with E-state index in [-0.39, 0.29) is 17.8 Å². The largest absolute Gasteiger partial charge is 0.290 e. The summed E-state index contributed by atoms with van der Waals surface area (Å²) in [5.41, 5.74) is -0.156. The topological polar surface area (TPSA) is 108 Å². The van der Waals surface area contributed by atoms with E-state index in [1.54, 1.807) is 6.07 Å². The molecule has 0 spiro atoms. The highest BCUT2D eigenvalue weighted by Crippen LogP contribution is 2.18. The first-order chi connectivity index (χ1) is 8.58. The summed E-state index contributed by atoms with van der Waals surface area (Å²) in [4.78, 5) is 22.1. The number of carbonyl (C=O) groups is 1. The number of aromatic nitrogens is 3. The Morgan fingerprint density at radius 3 is 2.83 bits per heavy atom. The van der Waals surface area contributed by atoms with Crippen molar-refractivity contribution in [2.75, 3.05) is 5.84 Å². The molecule has 0 saturated carbocycles. The van der Waals surface area contributed by atoms with Crippen LogP contribution in [-0.2, 0) is 6.54 Å². The molecule has 0 aliphatic carbocycles. The molecule has 2 rings (SSSR count). The number of hydrogen-bond acceptors (Lipinski definition) is 5. The fourth-order valence-corrected chi connectivity index (χ4v) is 1.52. The normalized spacial score (nSPS) is 10.2. The van der Waals surface area contributed by atoms with Crippen molar-refractivity contribution in [1.82, 2.24) is 9.78 Å². The van der Waals surface area contributed by atoms with E-state index < -0.39 is 10.7 Å². The van der Waals surface area contributed by atoms with Crippen molar-refractivity contribution in [2.45, 2.75) is 6.54 Å². The van der Waals surface area contributed by atoms with Crippen LogP contribution in [-0.4, -0.2) is 20.5 Å². The summed E-state index contributed by atoms with van der Waals surface area (Å²) >= 11 is 0. The summed E-state index contributed by atoms with van der Waals surface area (Å²) < 4.78 is 2.49. The van der Waals surface area contributed by atoms with E-state index in [2.05, 4.69) is 5.10 Å². The van der Waals surface area contributed by atoms with Crippen LogP contribution in [0.2, 0.25) is 0 Å². The predicted octanol–water partition coefficient (Wildman–Crippen LogP) is -0.324. The van der Waals surface area contributed by atoms with Crippen LogP contribution in [0.25, 0.3) is 0 Å². The lowest BCUT2D eigenvalue weighted by atomic mass is 10.1. The maximum Gasteiger partial charge on any atom is 0.286 e. The van der Waals surface area contributed by atoms with Gasteiger partial charge in [-0.25, -0.2) is 0 Å². The molecule has 1 heterocycles. The van der Waals surface area contributed by atoms with Crippen molar-refractivity contribution in [1.29, 1.82) is 0 Å². The van der Waals surface area contributed by atoms with E-state index in [1.165, 1.54) is 40.2 Å². The second kappa shape index (κ2) is 4.62. The molecule has 18 heavy (non-hydrogen) atoms. The molecule has 2 aromatic rings. The number of nitro groups is 1. The van der Waals surface area contributed by atoms with Crippen LogP contribution >= 0.6 is 0 Å². The Labute approximate surface area is 101 Å². The quantitative estimate of drug-likeness (QED) is 0.262. The highest BCUT2D eigenvalue weighted by molar-refractivity contribution is 5.99. The van der Waals surface area contributed by atoms with Crippen molar-refractivity contribution in [3.8, 4) is 0 Å². The van der Waals surface area contributed by atoms with E-state index >= 15 is 0 Å². The first-order valence-electron chi connectivity index (χ1n) is 5.03. The summed E-state index contributed by atoms with van der Waals surface area (Å²) in [5, 5.41) is 14.6. The van der Waals surface area contributed by atoms with Gasteiger partial charge < -0.3 is 0 Å². The van der Waals surface area contributed by atoms with Crippen molar-refractivity contribution in [3.05, 3.63) is 52.6 Å². The molecular weight excluding hydrogens is 238 g/mol. The number of nitrogens with two attached hydrogens (primary N) is 1. The number of nitrogens with zero attached hydrogens (tertiary/aromatic N) is 4. The predicted molar refractivity (Wildman–Crippen MR) is 60.0 cm³/mol. The van der Waals surface area contributed by atoms with Gasteiger partial charge in [0.1, 0.15) is 0 Å². The van der Waals surface area contributed by atoms with Crippen molar-refractivity contribution >= 4 is 11.5 Å². The van der Waals surface area contributed by atoms with Gasteiger partial charge in [0.05, 0.1) is 10.5 Å². The summed E-state index contributed by atoms with van der Waals surface area (Å²) in [6, 6.07) is 5.79. The average molecular weight is 248 g/mol. The molecule has 92 valence electrons. The molecule has 0 atom stereocenters. The zero-order valence-electron chi connectivity index (χ0n) is 9.26. The molecule has 0 aliphatic rings. The second-order valence-corrected chi connectivity index (χ2v) is 3.59. The standard InChI is InChI=1S/C10H10N5O3/c11-13-6-12-14(7-13)5-10(16)8-3-1-2-4-9(8)15(17)18/h1-4,6-7H,5,11H2/q+1. The zero-order valence-corrected chi connectivity index (χ0v) is 9.26. The summed E-state index contributed by atoms with van der Waals surface area (Å²) in [7, 11) is 0. The second-order valence-electron chi connectivity index (χ2n) is 3.59. The van der Waals surface area contributed by atoms with Crippen LogP contribution in [0.15, 0.2) is 36.9 Å². The molecule has 0 unspecified atom stereocenters. The Kier molecular flexibility index (Phi) is 3.00. The third-order valence-electron chi connectivity index (χ3n) is 2.31. The maximum atomic E-state index is 11.9. The van der Waals surface area contributed by atoms with E-state index in [1.807, 2.05) is 0 Å². The lowest BCUT2D eigenvalue weighted by Crippen LogP contribution is -2.42. The number of benzene rings is 1. The molecule has 2 N–H and O–H groups in total. The Hall–Kier alpha value is -2.77. The fourth-order valence-electron chi connectivity index (χ4n) is 1.52. The molecule has 0 bridgehead atoms. The van der Waals surface area contributed by atoms with Gasteiger partial charge in [-0.3, -0.25) is 20.8 Å². The molecule has 0 aliphatic heterocycles. The molecule has 8 nitrogen and oxygen atoms in total. The molecule has 0 radical (unpaired) electrons. The number of nitrogen functional groups attached to an aromatic ring is 1. The molecule has 0 saturated heterocycles.